The molecule has 0 fully saturated rings. The van der Waals surface area contributed by atoms with Crippen LogP contribution in [0.3, 0.4) is 0 Å². The summed E-state index contributed by atoms with van der Waals surface area (Å²) >= 11 is 0. The molecular formula is C39H74O4. The molecule has 0 bridgehead atoms. The number of rotatable bonds is 35. The third-order valence-electron chi connectivity index (χ3n) is 8.94. The van der Waals surface area contributed by atoms with Crippen molar-refractivity contribution in [2.24, 2.45) is 5.92 Å². The lowest BCUT2D eigenvalue weighted by molar-refractivity contribution is -0.162. The van der Waals surface area contributed by atoms with E-state index in [4.69, 9.17) is 9.84 Å². The first-order valence-electron chi connectivity index (χ1n) is 19.1. The Balaban J connectivity index is 3.62. The highest BCUT2D eigenvalue weighted by molar-refractivity contribution is 5.86. The van der Waals surface area contributed by atoms with E-state index in [-0.39, 0.29) is 17.9 Å². The summed E-state index contributed by atoms with van der Waals surface area (Å²) in [5.41, 5.74) is 0. The van der Waals surface area contributed by atoms with Gasteiger partial charge in [0.05, 0.1) is 5.92 Å². The van der Waals surface area contributed by atoms with Crippen molar-refractivity contribution in [2.75, 3.05) is 6.61 Å². The van der Waals surface area contributed by atoms with Gasteiger partial charge in [0.1, 0.15) is 0 Å². The van der Waals surface area contributed by atoms with E-state index in [0.717, 1.165) is 44.9 Å². The van der Waals surface area contributed by atoms with Gasteiger partial charge in [-0.2, -0.15) is 0 Å². The van der Waals surface area contributed by atoms with Crippen LogP contribution in [0.1, 0.15) is 212 Å². The molecule has 4 heteroatoms. The lowest BCUT2D eigenvalue weighted by Gasteiger charge is -2.13. The highest BCUT2D eigenvalue weighted by Crippen LogP contribution is 2.19. The molecule has 0 radical (unpaired) electrons. The molecule has 0 saturated carbocycles. The molecule has 0 aromatic rings. The summed E-state index contributed by atoms with van der Waals surface area (Å²) in [6.45, 7) is 6.42. The summed E-state index contributed by atoms with van der Waals surface area (Å²) < 4.78 is 5.22. The van der Waals surface area contributed by atoms with Crippen LogP contribution in [-0.4, -0.2) is 23.7 Å². The van der Waals surface area contributed by atoms with E-state index in [1.54, 1.807) is 6.08 Å². The molecule has 1 atom stereocenters. The maximum absolute atomic E-state index is 12.6. The lowest BCUT2D eigenvalue weighted by Crippen LogP contribution is -2.21. The zero-order valence-corrected chi connectivity index (χ0v) is 28.9. The van der Waals surface area contributed by atoms with Crippen LogP contribution in [0.5, 0.6) is 0 Å². The standard InChI is InChI=1S/C39H74O4/c1-3-5-6-7-8-9-10-11-15-18-21-24-27-30-34-37(33-4-2)39(42)43-38(41)35-31-28-25-22-19-16-13-12-14-17-20-23-26-29-32-36-40/h4,37,40H,2-3,5-36H2,1H3. The summed E-state index contributed by atoms with van der Waals surface area (Å²) in [6, 6.07) is 0. The van der Waals surface area contributed by atoms with Crippen LogP contribution in [0.25, 0.3) is 0 Å². The Bertz CT molecular complexity index is 602. The number of aliphatic hydroxyl groups is 1. The predicted octanol–water partition coefficient (Wildman–Crippen LogP) is 12.4. The van der Waals surface area contributed by atoms with Crippen molar-refractivity contribution < 1.29 is 19.4 Å². The van der Waals surface area contributed by atoms with Gasteiger partial charge in [-0.15, -0.1) is 6.58 Å². The van der Waals surface area contributed by atoms with Crippen molar-refractivity contribution >= 4 is 11.9 Å². The highest BCUT2D eigenvalue weighted by atomic mass is 16.6. The van der Waals surface area contributed by atoms with Gasteiger partial charge in [-0.25, -0.2) is 0 Å². The van der Waals surface area contributed by atoms with E-state index < -0.39 is 0 Å². The number of carbonyl (C=O) groups excluding carboxylic acids is 2. The van der Waals surface area contributed by atoms with Crippen LogP contribution < -0.4 is 0 Å². The van der Waals surface area contributed by atoms with E-state index in [2.05, 4.69) is 13.5 Å². The molecule has 0 aromatic heterocycles. The number of hydrogen-bond donors (Lipinski definition) is 1. The summed E-state index contributed by atoms with van der Waals surface area (Å²) in [7, 11) is 0. The second-order valence-electron chi connectivity index (χ2n) is 13.2. The molecule has 43 heavy (non-hydrogen) atoms. The van der Waals surface area contributed by atoms with Gasteiger partial charge >= 0.3 is 11.9 Å². The Morgan fingerprint density at radius 3 is 1.28 bits per heavy atom. The van der Waals surface area contributed by atoms with Gasteiger partial charge < -0.3 is 9.84 Å². The van der Waals surface area contributed by atoms with Gasteiger partial charge in [0.15, 0.2) is 0 Å². The number of unbranched alkanes of at least 4 members (excludes halogenated alkanes) is 27. The molecule has 0 amide bonds. The zero-order valence-electron chi connectivity index (χ0n) is 28.9. The Morgan fingerprint density at radius 1 is 0.558 bits per heavy atom. The Kier molecular flexibility index (Phi) is 34.4. The molecule has 0 aromatic carbocycles. The van der Waals surface area contributed by atoms with Crippen LogP contribution in [0.2, 0.25) is 0 Å². The average Bonchev–Trinajstić information content (AvgIpc) is 3.00. The number of aliphatic hydroxyl groups excluding tert-OH is 1. The second-order valence-corrected chi connectivity index (χ2v) is 13.2. The molecule has 0 spiro atoms. The first-order chi connectivity index (χ1) is 21.2. The minimum Gasteiger partial charge on any atom is -0.396 e. The second kappa shape index (κ2) is 35.3. The van der Waals surface area contributed by atoms with Crippen molar-refractivity contribution in [2.45, 2.75) is 212 Å². The number of esters is 2. The van der Waals surface area contributed by atoms with Crippen LogP contribution in [-0.2, 0) is 14.3 Å². The molecule has 0 aliphatic heterocycles. The molecule has 0 rings (SSSR count). The summed E-state index contributed by atoms with van der Waals surface area (Å²) in [6.07, 6.45) is 40.3. The first-order valence-corrected chi connectivity index (χ1v) is 19.1. The van der Waals surface area contributed by atoms with E-state index in [9.17, 15) is 9.59 Å². The largest absolute Gasteiger partial charge is 0.396 e. The van der Waals surface area contributed by atoms with Crippen molar-refractivity contribution in [3.63, 3.8) is 0 Å². The number of allylic oxidation sites excluding steroid dienone is 1. The molecule has 1 unspecified atom stereocenters. The summed E-state index contributed by atoms with van der Waals surface area (Å²) in [5, 5.41) is 8.80. The monoisotopic (exact) mass is 607 g/mol. The fourth-order valence-electron chi connectivity index (χ4n) is 6.04. The third kappa shape index (κ3) is 32.1. The molecule has 0 heterocycles. The van der Waals surface area contributed by atoms with Crippen molar-refractivity contribution in [3.05, 3.63) is 12.7 Å². The van der Waals surface area contributed by atoms with Crippen molar-refractivity contribution in [1.29, 1.82) is 0 Å². The molecule has 4 nitrogen and oxygen atoms in total. The topological polar surface area (TPSA) is 63.6 Å². The number of ether oxygens (including phenoxy) is 1. The minimum absolute atomic E-state index is 0.226. The maximum atomic E-state index is 12.6. The van der Waals surface area contributed by atoms with Crippen LogP contribution in [0.4, 0.5) is 0 Å². The van der Waals surface area contributed by atoms with Gasteiger partial charge in [0.25, 0.3) is 0 Å². The quantitative estimate of drug-likeness (QED) is 0.0337. The predicted molar refractivity (Wildman–Crippen MR) is 185 cm³/mol. The van der Waals surface area contributed by atoms with E-state index in [1.807, 2.05) is 0 Å². The van der Waals surface area contributed by atoms with Gasteiger partial charge in [-0.3, -0.25) is 9.59 Å². The van der Waals surface area contributed by atoms with Crippen LogP contribution in [0, 0.1) is 5.92 Å². The van der Waals surface area contributed by atoms with Gasteiger partial charge in [-0.05, 0) is 25.7 Å². The van der Waals surface area contributed by atoms with Gasteiger partial charge in [-0.1, -0.05) is 186 Å². The number of carbonyl (C=O) groups is 2. The van der Waals surface area contributed by atoms with E-state index in [0.29, 0.717) is 19.4 Å². The van der Waals surface area contributed by atoms with Crippen LogP contribution >= 0.6 is 0 Å². The van der Waals surface area contributed by atoms with E-state index >= 15 is 0 Å². The van der Waals surface area contributed by atoms with Gasteiger partial charge in [0, 0.05) is 13.0 Å². The molecule has 1 N–H and O–H groups in total. The first kappa shape index (κ1) is 41.8. The minimum atomic E-state index is -0.353. The maximum Gasteiger partial charge on any atom is 0.316 e. The van der Waals surface area contributed by atoms with Crippen LogP contribution in [0.15, 0.2) is 12.7 Å². The van der Waals surface area contributed by atoms with E-state index in [1.165, 1.54) is 148 Å². The Hall–Kier alpha value is -1.16. The summed E-state index contributed by atoms with van der Waals surface area (Å²) in [5.74, 6) is -0.926. The summed E-state index contributed by atoms with van der Waals surface area (Å²) in [4.78, 5) is 24.8. The highest BCUT2D eigenvalue weighted by Gasteiger charge is 2.21. The lowest BCUT2D eigenvalue weighted by atomic mass is 9.97. The van der Waals surface area contributed by atoms with Crippen molar-refractivity contribution in [3.8, 4) is 0 Å². The Morgan fingerprint density at radius 2 is 0.907 bits per heavy atom. The SMILES string of the molecule is C=CCC(CCCCCCCCCCCCCCCC)C(=O)OC(=O)CCCCCCCCCCCCCCCCCO. The molecule has 254 valence electrons. The average molecular weight is 607 g/mol. The fourth-order valence-corrected chi connectivity index (χ4v) is 6.04. The fraction of sp³-hybridized carbons (Fsp3) is 0.897. The van der Waals surface area contributed by atoms with Gasteiger partial charge in [0.2, 0.25) is 0 Å². The molecule has 0 aliphatic rings. The zero-order chi connectivity index (χ0) is 31.5. The Labute approximate surface area is 268 Å². The van der Waals surface area contributed by atoms with Crippen molar-refractivity contribution in [1.82, 2.24) is 0 Å². The third-order valence-corrected chi connectivity index (χ3v) is 8.94. The molecule has 0 aliphatic carbocycles. The molecule has 0 saturated heterocycles. The number of hydrogen-bond acceptors (Lipinski definition) is 4. The molecular weight excluding hydrogens is 532 g/mol. The normalized spacial score (nSPS) is 12.0. The smallest absolute Gasteiger partial charge is 0.316 e.